The van der Waals surface area contributed by atoms with Crippen molar-refractivity contribution in [3.8, 4) is 0 Å². The second-order valence-electron chi connectivity index (χ2n) is 5.47. The molecule has 0 bridgehead atoms. The molecule has 0 amide bonds. The van der Waals surface area contributed by atoms with Gasteiger partial charge in [0.15, 0.2) is 0 Å². The molecule has 0 unspecified atom stereocenters. The van der Waals surface area contributed by atoms with Crippen molar-refractivity contribution >= 4 is 38.7 Å². The maximum absolute atomic E-state index is 4.62. The van der Waals surface area contributed by atoms with Gasteiger partial charge in [0.05, 0.1) is 5.39 Å². The quantitative estimate of drug-likeness (QED) is 0.695. The van der Waals surface area contributed by atoms with Gasteiger partial charge in [0.25, 0.3) is 0 Å². The molecule has 21 heavy (non-hydrogen) atoms. The average molecular weight is 315 g/mol. The third kappa shape index (κ3) is 2.56. The van der Waals surface area contributed by atoms with E-state index in [1.54, 1.807) is 29.0 Å². The molecule has 0 aliphatic heterocycles. The predicted octanol–water partition coefficient (Wildman–Crippen LogP) is 4.48. The molecule has 1 fully saturated rings. The Kier molecular flexibility index (Phi) is 3.39. The molecule has 4 rings (SSSR count). The zero-order valence-corrected chi connectivity index (χ0v) is 13.6. The van der Waals surface area contributed by atoms with Gasteiger partial charge in [0.1, 0.15) is 17.0 Å². The van der Waals surface area contributed by atoms with E-state index in [1.165, 1.54) is 28.7 Å². The Morgan fingerprint density at radius 3 is 2.95 bits per heavy atom. The second kappa shape index (κ2) is 5.39. The number of nitrogens with zero attached hydrogens (tertiary/aromatic N) is 3. The molecule has 0 atom stereocenters. The zero-order chi connectivity index (χ0) is 14.2. The summed E-state index contributed by atoms with van der Waals surface area (Å²) in [4.78, 5) is 14.0. The van der Waals surface area contributed by atoms with Crippen LogP contribution in [0, 0.1) is 0 Å². The Labute approximate surface area is 132 Å². The first-order valence-electron chi connectivity index (χ1n) is 7.36. The standard InChI is InChI=1S/C16H17N3S2/c1-2-13-7-14-15(17-10-18-16(14)21-13)19(12-3-4-12)8-11-5-6-20-9-11/h5-7,9-10,12H,2-4,8H2,1H3. The van der Waals surface area contributed by atoms with Gasteiger partial charge in [0, 0.05) is 17.5 Å². The highest BCUT2D eigenvalue weighted by atomic mass is 32.1. The van der Waals surface area contributed by atoms with Crippen LogP contribution in [0.5, 0.6) is 0 Å². The lowest BCUT2D eigenvalue weighted by molar-refractivity contribution is 0.783. The number of hydrogen-bond donors (Lipinski definition) is 0. The van der Waals surface area contributed by atoms with Crippen molar-refractivity contribution in [2.24, 2.45) is 0 Å². The van der Waals surface area contributed by atoms with Crippen molar-refractivity contribution in [1.82, 2.24) is 9.97 Å². The van der Waals surface area contributed by atoms with Gasteiger partial charge in [-0.3, -0.25) is 0 Å². The Morgan fingerprint density at radius 2 is 2.24 bits per heavy atom. The van der Waals surface area contributed by atoms with Crippen LogP contribution in [0.25, 0.3) is 10.2 Å². The number of aromatic nitrogens is 2. The topological polar surface area (TPSA) is 29.0 Å². The minimum Gasteiger partial charge on any atom is -0.349 e. The Balaban J connectivity index is 1.76. The Hall–Kier alpha value is -1.46. The monoisotopic (exact) mass is 315 g/mol. The number of thiophene rings is 2. The summed E-state index contributed by atoms with van der Waals surface area (Å²) in [6.07, 6.45) is 5.34. The molecular weight excluding hydrogens is 298 g/mol. The van der Waals surface area contributed by atoms with E-state index in [0.29, 0.717) is 6.04 Å². The molecule has 1 aliphatic rings. The van der Waals surface area contributed by atoms with Crippen LogP contribution in [0.4, 0.5) is 5.82 Å². The fraction of sp³-hybridized carbons (Fsp3) is 0.375. The second-order valence-corrected chi connectivity index (χ2v) is 7.37. The van der Waals surface area contributed by atoms with Crippen molar-refractivity contribution in [3.63, 3.8) is 0 Å². The predicted molar refractivity (Wildman–Crippen MR) is 90.3 cm³/mol. The molecule has 0 N–H and O–H groups in total. The van der Waals surface area contributed by atoms with E-state index in [2.05, 4.69) is 44.7 Å². The molecule has 3 nitrogen and oxygen atoms in total. The van der Waals surface area contributed by atoms with Gasteiger partial charge in [-0.25, -0.2) is 9.97 Å². The number of anilines is 1. The van der Waals surface area contributed by atoms with E-state index in [0.717, 1.165) is 23.6 Å². The van der Waals surface area contributed by atoms with E-state index in [-0.39, 0.29) is 0 Å². The molecule has 3 aromatic heterocycles. The number of aryl methyl sites for hydroxylation is 1. The van der Waals surface area contributed by atoms with Gasteiger partial charge in [-0.15, -0.1) is 11.3 Å². The highest BCUT2D eigenvalue weighted by molar-refractivity contribution is 7.18. The Bertz CT molecular complexity index is 744. The van der Waals surface area contributed by atoms with Gasteiger partial charge < -0.3 is 4.90 Å². The fourth-order valence-electron chi connectivity index (χ4n) is 2.64. The molecule has 0 saturated heterocycles. The molecular formula is C16H17N3S2. The van der Waals surface area contributed by atoms with Crippen molar-refractivity contribution in [3.05, 3.63) is 39.7 Å². The van der Waals surface area contributed by atoms with Crippen molar-refractivity contribution in [2.45, 2.75) is 38.8 Å². The van der Waals surface area contributed by atoms with Gasteiger partial charge in [0.2, 0.25) is 0 Å². The minimum absolute atomic E-state index is 0.646. The van der Waals surface area contributed by atoms with Crippen molar-refractivity contribution in [2.75, 3.05) is 4.90 Å². The lowest BCUT2D eigenvalue weighted by Crippen LogP contribution is -2.25. The summed E-state index contributed by atoms with van der Waals surface area (Å²) in [5.74, 6) is 1.12. The van der Waals surface area contributed by atoms with Crippen LogP contribution in [-0.2, 0) is 13.0 Å². The SMILES string of the molecule is CCc1cc2c(N(Cc3ccsc3)C3CC3)ncnc2s1. The summed E-state index contributed by atoms with van der Waals surface area (Å²) < 4.78 is 0. The third-order valence-corrected chi connectivity index (χ3v) is 5.82. The first-order valence-corrected chi connectivity index (χ1v) is 9.12. The lowest BCUT2D eigenvalue weighted by Gasteiger charge is -2.23. The number of fused-ring (bicyclic) bond motifs is 1. The summed E-state index contributed by atoms with van der Waals surface area (Å²) in [6, 6.07) is 5.13. The summed E-state index contributed by atoms with van der Waals surface area (Å²) >= 11 is 3.56. The van der Waals surface area contributed by atoms with Gasteiger partial charge in [-0.2, -0.15) is 11.3 Å². The molecule has 0 aromatic carbocycles. The normalized spacial score (nSPS) is 14.7. The minimum atomic E-state index is 0.646. The summed E-state index contributed by atoms with van der Waals surface area (Å²) in [6.45, 7) is 3.15. The van der Waals surface area contributed by atoms with E-state index < -0.39 is 0 Å². The zero-order valence-electron chi connectivity index (χ0n) is 12.0. The third-order valence-electron chi connectivity index (χ3n) is 3.90. The molecule has 0 spiro atoms. The first kappa shape index (κ1) is 13.2. The van der Waals surface area contributed by atoms with Crippen LogP contribution in [0.3, 0.4) is 0 Å². The van der Waals surface area contributed by atoms with E-state index in [1.807, 2.05) is 0 Å². The van der Waals surface area contributed by atoms with Crippen molar-refractivity contribution < 1.29 is 0 Å². The fourth-order valence-corrected chi connectivity index (χ4v) is 4.23. The van der Waals surface area contributed by atoms with Crippen LogP contribution in [0.15, 0.2) is 29.2 Å². The van der Waals surface area contributed by atoms with Crippen LogP contribution >= 0.6 is 22.7 Å². The molecule has 3 heterocycles. The molecule has 1 aliphatic carbocycles. The smallest absolute Gasteiger partial charge is 0.141 e. The highest BCUT2D eigenvalue weighted by Crippen LogP contribution is 2.37. The van der Waals surface area contributed by atoms with Gasteiger partial charge >= 0.3 is 0 Å². The maximum atomic E-state index is 4.62. The largest absolute Gasteiger partial charge is 0.349 e. The molecule has 1 saturated carbocycles. The van der Waals surface area contributed by atoms with Crippen LogP contribution in [0.2, 0.25) is 0 Å². The van der Waals surface area contributed by atoms with Crippen LogP contribution < -0.4 is 4.90 Å². The van der Waals surface area contributed by atoms with Gasteiger partial charge in [-0.1, -0.05) is 6.92 Å². The van der Waals surface area contributed by atoms with Gasteiger partial charge in [-0.05, 0) is 47.7 Å². The maximum Gasteiger partial charge on any atom is 0.141 e. The summed E-state index contributed by atoms with van der Waals surface area (Å²) in [5, 5.41) is 5.61. The Morgan fingerprint density at radius 1 is 1.33 bits per heavy atom. The molecule has 5 heteroatoms. The summed E-state index contributed by atoms with van der Waals surface area (Å²) in [5.41, 5.74) is 1.38. The van der Waals surface area contributed by atoms with E-state index >= 15 is 0 Å². The van der Waals surface area contributed by atoms with E-state index in [4.69, 9.17) is 0 Å². The van der Waals surface area contributed by atoms with Crippen LogP contribution in [-0.4, -0.2) is 16.0 Å². The average Bonchev–Trinajstić information content (AvgIpc) is 3.05. The van der Waals surface area contributed by atoms with Crippen LogP contribution in [0.1, 0.15) is 30.2 Å². The number of hydrogen-bond acceptors (Lipinski definition) is 5. The highest BCUT2D eigenvalue weighted by Gasteiger charge is 2.31. The summed E-state index contributed by atoms with van der Waals surface area (Å²) in [7, 11) is 0. The molecule has 108 valence electrons. The number of rotatable bonds is 5. The molecule has 0 radical (unpaired) electrons. The first-order chi connectivity index (χ1) is 10.3. The van der Waals surface area contributed by atoms with E-state index in [9.17, 15) is 0 Å². The lowest BCUT2D eigenvalue weighted by atomic mass is 10.2. The van der Waals surface area contributed by atoms with Crippen molar-refractivity contribution in [1.29, 1.82) is 0 Å². The molecule has 3 aromatic rings.